The molecule has 0 aromatic heterocycles. The lowest BCUT2D eigenvalue weighted by Crippen LogP contribution is -2.08. The molecule has 1 fully saturated rings. The third kappa shape index (κ3) is 3.03. The second kappa shape index (κ2) is 5.27. The minimum Gasteiger partial charge on any atom is -0.478 e. The van der Waals surface area contributed by atoms with E-state index in [2.05, 4.69) is 0 Å². The minimum absolute atomic E-state index is 0.275. The van der Waals surface area contributed by atoms with E-state index < -0.39 is 11.8 Å². The smallest absolute Gasteiger partial charge is 0.338 e. The molecule has 1 aliphatic carbocycles. The second-order valence-electron chi connectivity index (χ2n) is 4.34. The van der Waals surface area contributed by atoms with Crippen molar-refractivity contribution in [3.63, 3.8) is 0 Å². The lowest BCUT2D eigenvalue weighted by molar-refractivity contribution is 0.0455. The molecule has 0 saturated heterocycles. The summed E-state index contributed by atoms with van der Waals surface area (Å²) in [5.74, 6) is -1.95. The lowest BCUT2D eigenvalue weighted by atomic mass is 10.1. The van der Waals surface area contributed by atoms with E-state index in [1.165, 1.54) is 25.0 Å². The number of aromatic carboxylic acids is 1. The average molecular weight is 238 g/mol. The molecule has 0 amide bonds. The third-order valence-corrected chi connectivity index (χ3v) is 3.05. The van der Waals surface area contributed by atoms with E-state index in [4.69, 9.17) is 9.84 Å². The zero-order chi connectivity index (χ0) is 12.3. The van der Waals surface area contributed by atoms with Crippen molar-refractivity contribution in [1.82, 2.24) is 0 Å². The van der Waals surface area contributed by atoms with Gasteiger partial charge >= 0.3 is 5.97 Å². The Morgan fingerprint density at radius 2 is 2.12 bits per heavy atom. The predicted molar refractivity (Wildman–Crippen MR) is 60.4 cm³/mol. The van der Waals surface area contributed by atoms with E-state index in [1.54, 1.807) is 6.07 Å². The first-order chi connectivity index (χ1) is 8.16. The molecule has 2 rings (SSSR count). The molecule has 0 spiro atoms. The maximum Gasteiger partial charge on any atom is 0.338 e. The minimum atomic E-state index is -1.24. The molecule has 1 N–H and O–H groups in total. The first-order valence-corrected chi connectivity index (χ1v) is 5.80. The highest BCUT2D eigenvalue weighted by molar-refractivity contribution is 5.87. The highest BCUT2D eigenvalue weighted by atomic mass is 19.1. The normalized spacial score (nSPS) is 16.3. The molecule has 3 nitrogen and oxygen atoms in total. The maximum atomic E-state index is 13.4. The SMILES string of the molecule is O=C(O)c1ccc(COC2CCCC2)cc1F. The lowest BCUT2D eigenvalue weighted by Gasteiger charge is -2.11. The zero-order valence-corrected chi connectivity index (χ0v) is 9.49. The van der Waals surface area contributed by atoms with E-state index in [-0.39, 0.29) is 11.7 Å². The van der Waals surface area contributed by atoms with Crippen LogP contribution < -0.4 is 0 Å². The summed E-state index contributed by atoms with van der Waals surface area (Å²) >= 11 is 0. The van der Waals surface area contributed by atoms with Crippen molar-refractivity contribution in [2.24, 2.45) is 0 Å². The van der Waals surface area contributed by atoms with Gasteiger partial charge in [0.2, 0.25) is 0 Å². The van der Waals surface area contributed by atoms with Crippen LogP contribution in [0.2, 0.25) is 0 Å². The van der Waals surface area contributed by atoms with Crippen LogP contribution in [0.15, 0.2) is 18.2 Å². The van der Waals surface area contributed by atoms with E-state index in [0.717, 1.165) is 12.8 Å². The van der Waals surface area contributed by atoms with Gasteiger partial charge in [-0.2, -0.15) is 0 Å². The van der Waals surface area contributed by atoms with Crippen molar-refractivity contribution < 1.29 is 19.0 Å². The van der Waals surface area contributed by atoms with Gasteiger partial charge in [0.05, 0.1) is 18.3 Å². The van der Waals surface area contributed by atoms with Crippen LogP contribution in [0.5, 0.6) is 0 Å². The van der Waals surface area contributed by atoms with E-state index >= 15 is 0 Å². The third-order valence-electron chi connectivity index (χ3n) is 3.05. The van der Waals surface area contributed by atoms with E-state index in [9.17, 15) is 9.18 Å². The highest BCUT2D eigenvalue weighted by Crippen LogP contribution is 2.22. The molecule has 1 aromatic carbocycles. The fourth-order valence-corrected chi connectivity index (χ4v) is 2.09. The van der Waals surface area contributed by atoms with E-state index in [0.29, 0.717) is 12.2 Å². The number of hydrogen-bond acceptors (Lipinski definition) is 2. The maximum absolute atomic E-state index is 13.4. The van der Waals surface area contributed by atoms with Gasteiger partial charge in [0.15, 0.2) is 0 Å². The summed E-state index contributed by atoms with van der Waals surface area (Å²) in [6.45, 7) is 0.349. The average Bonchev–Trinajstić information content (AvgIpc) is 2.78. The van der Waals surface area contributed by atoms with Crippen LogP contribution in [0, 0.1) is 5.82 Å². The molecule has 1 saturated carbocycles. The number of carboxylic acid groups (broad SMARTS) is 1. The first kappa shape index (κ1) is 12.0. The monoisotopic (exact) mass is 238 g/mol. The molecule has 92 valence electrons. The van der Waals surface area contributed by atoms with Crippen molar-refractivity contribution >= 4 is 5.97 Å². The summed E-state index contributed by atoms with van der Waals surface area (Å²) in [7, 11) is 0. The Bertz CT molecular complexity index is 411. The van der Waals surface area contributed by atoms with Gasteiger partial charge in [0.1, 0.15) is 5.82 Å². The van der Waals surface area contributed by atoms with Crippen LogP contribution in [-0.4, -0.2) is 17.2 Å². The Morgan fingerprint density at radius 1 is 1.41 bits per heavy atom. The van der Waals surface area contributed by atoms with Gasteiger partial charge < -0.3 is 9.84 Å². The Hall–Kier alpha value is -1.42. The Balaban J connectivity index is 1.97. The van der Waals surface area contributed by atoms with Gasteiger partial charge in [-0.1, -0.05) is 18.9 Å². The Labute approximate surface area is 99.2 Å². The molecular weight excluding hydrogens is 223 g/mol. The van der Waals surface area contributed by atoms with Crippen LogP contribution in [0.3, 0.4) is 0 Å². The number of carboxylic acids is 1. The second-order valence-corrected chi connectivity index (χ2v) is 4.34. The number of carbonyl (C=O) groups is 1. The van der Waals surface area contributed by atoms with Gasteiger partial charge in [0, 0.05) is 0 Å². The van der Waals surface area contributed by atoms with Crippen LogP contribution in [0.25, 0.3) is 0 Å². The number of rotatable bonds is 4. The van der Waals surface area contributed by atoms with Gasteiger partial charge in [-0.05, 0) is 30.5 Å². The molecule has 1 aromatic rings. The van der Waals surface area contributed by atoms with E-state index in [1.807, 2.05) is 0 Å². The molecule has 0 heterocycles. The quantitative estimate of drug-likeness (QED) is 0.877. The van der Waals surface area contributed by atoms with Gasteiger partial charge in [-0.3, -0.25) is 0 Å². The summed E-state index contributed by atoms with van der Waals surface area (Å²) < 4.78 is 19.0. The molecule has 1 aliphatic rings. The summed E-state index contributed by atoms with van der Waals surface area (Å²) in [6.07, 6.45) is 4.79. The summed E-state index contributed by atoms with van der Waals surface area (Å²) in [4.78, 5) is 10.6. The zero-order valence-electron chi connectivity index (χ0n) is 9.49. The van der Waals surface area contributed by atoms with Gasteiger partial charge in [-0.25, -0.2) is 9.18 Å². The molecule has 4 heteroatoms. The van der Waals surface area contributed by atoms with Crippen molar-refractivity contribution in [3.8, 4) is 0 Å². The molecular formula is C13H15FO3. The van der Waals surface area contributed by atoms with Crippen molar-refractivity contribution in [1.29, 1.82) is 0 Å². The molecule has 0 aliphatic heterocycles. The number of halogens is 1. The predicted octanol–water partition coefficient (Wildman–Crippen LogP) is 2.98. The largest absolute Gasteiger partial charge is 0.478 e. The molecule has 0 atom stereocenters. The highest BCUT2D eigenvalue weighted by Gasteiger charge is 2.16. The Kier molecular flexibility index (Phi) is 3.74. The van der Waals surface area contributed by atoms with Crippen LogP contribution in [0.4, 0.5) is 4.39 Å². The number of hydrogen-bond donors (Lipinski definition) is 1. The van der Waals surface area contributed by atoms with Crippen molar-refractivity contribution in [2.45, 2.75) is 38.4 Å². The van der Waals surface area contributed by atoms with Crippen LogP contribution in [0.1, 0.15) is 41.6 Å². The van der Waals surface area contributed by atoms with Gasteiger partial charge in [0.25, 0.3) is 0 Å². The van der Waals surface area contributed by atoms with Gasteiger partial charge in [-0.15, -0.1) is 0 Å². The molecule has 17 heavy (non-hydrogen) atoms. The molecule has 0 unspecified atom stereocenters. The fourth-order valence-electron chi connectivity index (χ4n) is 2.09. The standard InChI is InChI=1S/C13H15FO3/c14-12-7-9(5-6-11(12)13(15)16)8-17-10-3-1-2-4-10/h5-7,10H,1-4,8H2,(H,15,16). The molecule has 0 radical (unpaired) electrons. The summed E-state index contributed by atoms with van der Waals surface area (Å²) in [5.41, 5.74) is 0.383. The Morgan fingerprint density at radius 3 is 2.71 bits per heavy atom. The van der Waals surface area contributed by atoms with Crippen LogP contribution >= 0.6 is 0 Å². The van der Waals surface area contributed by atoms with Crippen molar-refractivity contribution in [3.05, 3.63) is 35.1 Å². The number of benzene rings is 1. The summed E-state index contributed by atoms with van der Waals surface area (Å²) in [6, 6.07) is 4.12. The number of ether oxygens (including phenoxy) is 1. The fraction of sp³-hybridized carbons (Fsp3) is 0.462. The molecule has 0 bridgehead atoms. The van der Waals surface area contributed by atoms with Crippen molar-refractivity contribution in [2.75, 3.05) is 0 Å². The first-order valence-electron chi connectivity index (χ1n) is 5.80. The topological polar surface area (TPSA) is 46.5 Å². The van der Waals surface area contributed by atoms with Crippen LogP contribution in [-0.2, 0) is 11.3 Å². The summed E-state index contributed by atoms with van der Waals surface area (Å²) in [5, 5.41) is 8.69.